The molecular weight excluding hydrogens is 345 g/mol. The standard InChI is InChI=1S/C19H22BN3O4/c1-11(24)15-4-2-3-13-8-17(20(26)27-18(13)15)23-19(25)16-6-5-12(9-21)7-14(16)10-22/h2-7,17,26H,8-10,21-22H2,1H3,(H,23,25)/t17-/m0/s1. The van der Waals surface area contributed by atoms with Crippen LogP contribution in [0.2, 0.25) is 0 Å². The normalized spacial score (nSPS) is 15.7. The van der Waals surface area contributed by atoms with Crippen molar-refractivity contribution in [1.29, 1.82) is 0 Å². The Balaban J connectivity index is 1.82. The third-order valence-corrected chi connectivity index (χ3v) is 4.68. The minimum Gasteiger partial charge on any atom is -0.534 e. The van der Waals surface area contributed by atoms with Crippen LogP contribution in [-0.4, -0.2) is 29.8 Å². The van der Waals surface area contributed by atoms with Gasteiger partial charge in [-0.1, -0.05) is 24.3 Å². The SMILES string of the molecule is CC(=O)c1cccc2c1OB(O)[C@@H](NC(=O)c1ccc(CN)cc1CN)C2. The van der Waals surface area contributed by atoms with E-state index in [1.54, 1.807) is 30.3 Å². The van der Waals surface area contributed by atoms with E-state index in [4.69, 9.17) is 16.1 Å². The van der Waals surface area contributed by atoms with E-state index in [1.807, 2.05) is 6.07 Å². The monoisotopic (exact) mass is 367 g/mol. The van der Waals surface area contributed by atoms with Crippen molar-refractivity contribution < 1.29 is 19.3 Å². The number of hydrogen-bond donors (Lipinski definition) is 4. The minimum absolute atomic E-state index is 0.144. The molecule has 1 heterocycles. The molecule has 0 saturated carbocycles. The van der Waals surface area contributed by atoms with Crippen LogP contribution in [0.5, 0.6) is 5.75 Å². The summed E-state index contributed by atoms with van der Waals surface area (Å²) in [5, 5.41) is 13.1. The zero-order chi connectivity index (χ0) is 19.6. The summed E-state index contributed by atoms with van der Waals surface area (Å²) in [6.45, 7) is 2.00. The Morgan fingerprint density at radius 3 is 2.67 bits per heavy atom. The van der Waals surface area contributed by atoms with Crippen LogP contribution in [0, 0.1) is 0 Å². The molecule has 2 aromatic rings. The number of amides is 1. The molecule has 1 amide bonds. The lowest BCUT2D eigenvalue weighted by Gasteiger charge is -2.29. The van der Waals surface area contributed by atoms with Gasteiger partial charge in [-0.3, -0.25) is 9.59 Å². The van der Waals surface area contributed by atoms with Crippen LogP contribution < -0.4 is 21.4 Å². The molecule has 2 aromatic carbocycles. The van der Waals surface area contributed by atoms with Crippen LogP contribution in [0.25, 0.3) is 0 Å². The van der Waals surface area contributed by atoms with Crippen LogP contribution in [0.15, 0.2) is 36.4 Å². The maximum atomic E-state index is 12.7. The van der Waals surface area contributed by atoms with Crippen molar-refractivity contribution in [2.45, 2.75) is 32.4 Å². The highest BCUT2D eigenvalue weighted by molar-refractivity contribution is 6.47. The van der Waals surface area contributed by atoms with Gasteiger partial charge in [-0.15, -0.1) is 0 Å². The predicted molar refractivity (Wildman–Crippen MR) is 102 cm³/mol. The molecule has 6 N–H and O–H groups in total. The number of nitrogens with two attached hydrogens (primary N) is 2. The number of benzene rings is 2. The summed E-state index contributed by atoms with van der Waals surface area (Å²) in [4.78, 5) is 24.4. The van der Waals surface area contributed by atoms with Crippen LogP contribution in [0.3, 0.4) is 0 Å². The highest BCUT2D eigenvalue weighted by atomic mass is 16.5. The molecule has 1 atom stereocenters. The quantitative estimate of drug-likeness (QED) is 0.452. The lowest BCUT2D eigenvalue weighted by atomic mass is 9.72. The van der Waals surface area contributed by atoms with E-state index in [1.165, 1.54) is 6.92 Å². The second-order valence-corrected chi connectivity index (χ2v) is 6.54. The molecule has 0 aromatic heterocycles. The van der Waals surface area contributed by atoms with Crippen LogP contribution in [0.4, 0.5) is 0 Å². The van der Waals surface area contributed by atoms with E-state index < -0.39 is 13.1 Å². The summed E-state index contributed by atoms with van der Waals surface area (Å²) in [7, 11) is -1.26. The summed E-state index contributed by atoms with van der Waals surface area (Å²) < 4.78 is 5.55. The van der Waals surface area contributed by atoms with Crippen LogP contribution in [-0.2, 0) is 19.5 Å². The zero-order valence-electron chi connectivity index (χ0n) is 15.1. The fourth-order valence-corrected chi connectivity index (χ4v) is 3.24. The summed E-state index contributed by atoms with van der Waals surface area (Å²) in [6.07, 6.45) is 0.349. The van der Waals surface area contributed by atoms with Gasteiger partial charge in [-0.25, -0.2) is 0 Å². The smallest absolute Gasteiger partial charge is 0.534 e. The molecule has 1 aliphatic rings. The van der Waals surface area contributed by atoms with E-state index in [-0.39, 0.29) is 18.2 Å². The number of hydrogen-bond acceptors (Lipinski definition) is 6. The number of rotatable bonds is 5. The van der Waals surface area contributed by atoms with Crippen molar-refractivity contribution >= 4 is 18.8 Å². The Hall–Kier alpha value is -2.68. The number of Topliss-reactive ketones (excluding diaryl/α,β-unsaturated/α-hetero) is 1. The van der Waals surface area contributed by atoms with E-state index in [2.05, 4.69) is 5.32 Å². The first-order chi connectivity index (χ1) is 12.9. The topological polar surface area (TPSA) is 128 Å². The molecule has 27 heavy (non-hydrogen) atoms. The van der Waals surface area contributed by atoms with Gasteiger partial charge in [0.1, 0.15) is 5.75 Å². The van der Waals surface area contributed by atoms with Gasteiger partial charge >= 0.3 is 7.12 Å². The second-order valence-electron chi connectivity index (χ2n) is 6.54. The lowest BCUT2D eigenvalue weighted by molar-refractivity contribution is 0.0938. The van der Waals surface area contributed by atoms with E-state index in [0.717, 1.165) is 11.1 Å². The molecule has 0 aliphatic carbocycles. The number of carbonyl (C=O) groups excluding carboxylic acids is 2. The Morgan fingerprint density at radius 1 is 1.22 bits per heavy atom. The fraction of sp³-hybridized carbons (Fsp3) is 0.263. The number of fused-ring (bicyclic) bond motifs is 1. The van der Waals surface area contributed by atoms with Gasteiger partial charge in [0.2, 0.25) is 0 Å². The molecule has 0 spiro atoms. The number of carbonyl (C=O) groups is 2. The molecule has 0 saturated heterocycles. The molecule has 3 rings (SSSR count). The second kappa shape index (κ2) is 7.91. The first-order valence-electron chi connectivity index (χ1n) is 8.75. The van der Waals surface area contributed by atoms with Crippen molar-refractivity contribution in [1.82, 2.24) is 5.32 Å². The summed E-state index contributed by atoms with van der Waals surface area (Å²) in [5.41, 5.74) is 14.6. The van der Waals surface area contributed by atoms with Crippen molar-refractivity contribution in [3.05, 3.63) is 64.2 Å². The molecule has 0 radical (unpaired) electrons. The molecule has 8 heteroatoms. The minimum atomic E-state index is -1.26. The van der Waals surface area contributed by atoms with Crippen molar-refractivity contribution in [2.75, 3.05) is 0 Å². The van der Waals surface area contributed by atoms with Gasteiger partial charge in [0.15, 0.2) is 5.78 Å². The first-order valence-corrected chi connectivity index (χ1v) is 8.75. The third-order valence-electron chi connectivity index (χ3n) is 4.68. The summed E-state index contributed by atoms with van der Waals surface area (Å²) in [5.74, 6) is -0.767. The van der Waals surface area contributed by atoms with Crippen molar-refractivity contribution in [2.24, 2.45) is 11.5 Å². The Morgan fingerprint density at radius 2 is 2.00 bits per heavy atom. The van der Waals surface area contributed by atoms with Gasteiger partial charge in [0, 0.05) is 18.7 Å². The predicted octanol–water partition coefficient (Wildman–Crippen LogP) is 0.560. The van der Waals surface area contributed by atoms with Gasteiger partial charge in [0.25, 0.3) is 5.91 Å². The van der Waals surface area contributed by atoms with E-state index in [0.29, 0.717) is 35.4 Å². The van der Waals surface area contributed by atoms with Crippen LogP contribution in [0.1, 0.15) is 44.3 Å². The molecule has 0 bridgehead atoms. The average molecular weight is 367 g/mol. The van der Waals surface area contributed by atoms with Gasteiger partial charge < -0.3 is 26.5 Å². The van der Waals surface area contributed by atoms with Crippen LogP contribution >= 0.6 is 0 Å². The summed E-state index contributed by atoms with van der Waals surface area (Å²) in [6, 6.07) is 10.5. The maximum absolute atomic E-state index is 12.7. The Bertz CT molecular complexity index is 887. The van der Waals surface area contributed by atoms with Gasteiger partial charge in [-0.2, -0.15) is 0 Å². The number of ketones is 1. The molecule has 140 valence electrons. The van der Waals surface area contributed by atoms with Gasteiger partial charge in [-0.05, 0) is 42.2 Å². The van der Waals surface area contributed by atoms with E-state index in [9.17, 15) is 14.6 Å². The first kappa shape index (κ1) is 19.1. The molecule has 1 aliphatic heterocycles. The lowest BCUT2D eigenvalue weighted by Crippen LogP contribution is -2.53. The van der Waals surface area contributed by atoms with Gasteiger partial charge in [0.05, 0.1) is 11.5 Å². The fourth-order valence-electron chi connectivity index (χ4n) is 3.24. The highest BCUT2D eigenvalue weighted by Gasteiger charge is 2.37. The van der Waals surface area contributed by atoms with Crippen molar-refractivity contribution in [3.8, 4) is 5.75 Å². The number of para-hydroxylation sites is 1. The Kier molecular flexibility index (Phi) is 5.60. The molecule has 0 fully saturated rings. The Labute approximate surface area is 157 Å². The summed E-state index contributed by atoms with van der Waals surface area (Å²) >= 11 is 0. The van der Waals surface area contributed by atoms with Crippen molar-refractivity contribution in [3.63, 3.8) is 0 Å². The third kappa shape index (κ3) is 3.87. The maximum Gasteiger partial charge on any atom is 0.547 e. The zero-order valence-corrected chi connectivity index (χ0v) is 15.1. The molecular formula is C19H22BN3O4. The number of nitrogens with one attached hydrogen (secondary N) is 1. The molecule has 0 unspecified atom stereocenters. The van der Waals surface area contributed by atoms with E-state index >= 15 is 0 Å². The average Bonchev–Trinajstić information content (AvgIpc) is 2.67. The highest BCUT2D eigenvalue weighted by Crippen LogP contribution is 2.30. The largest absolute Gasteiger partial charge is 0.547 e. The molecule has 7 nitrogen and oxygen atoms in total.